The summed E-state index contributed by atoms with van der Waals surface area (Å²) >= 11 is 0. The Labute approximate surface area is 175 Å². The molecule has 166 valence electrons. The molecule has 0 unspecified atom stereocenters. The highest BCUT2D eigenvalue weighted by molar-refractivity contribution is 4.62. The van der Waals surface area contributed by atoms with Crippen LogP contribution in [0, 0.1) is 0 Å². The summed E-state index contributed by atoms with van der Waals surface area (Å²) in [6, 6.07) is 0. The summed E-state index contributed by atoms with van der Waals surface area (Å²) in [5.41, 5.74) is 0. The van der Waals surface area contributed by atoms with Crippen molar-refractivity contribution in [2.24, 2.45) is 0 Å². The molecule has 2 heterocycles. The quantitative estimate of drug-likeness (QED) is 0.319. The molecule has 0 amide bonds. The van der Waals surface area contributed by atoms with Crippen LogP contribution >= 0.6 is 0 Å². The van der Waals surface area contributed by atoms with Gasteiger partial charge in [0, 0.05) is 26.2 Å². The van der Waals surface area contributed by atoms with Gasteiger partial charge in [0.25, 0.3) is 0 Å². The summed E-state index contributed by atoms with van der Waals surface area (Å²) in [6.07, 6.45) is 20.1. The molecule has 2 saturated heterocycles. The molecule has 4 nitrogen and oxygen atoms in total. The fraction of sp³-hybridized carbons (Fsp3) is 1.00. The largest absolute Gasteiger partial charge is 0.379 e. The van der Waals surface area contributed by atoms with E-state index in [1.165, 1.54) is 103 Å². The molecule has 2 rings (SSSR count). The lowest BCUT2D eigenvalue weighted by Crippen LogP contribution is -2.36. The Morgan fingerprint density at radius 2 is 0.607 bits per heavy atom. The molecule has 0 spiro atoms. The minimum atomic E-state index is 0.939. The zero-order valence-corrected chi connectivity index (χ0v) is 18.7. The molecule has 0 aromatic heterocycles. The highest BCUT2D eigenvalue weighted by atomic mass is 16.5. The fourth-order valence-electron chi connectivity index (χ4n) is 4.44. The van der Waals surface area contributed by atoms with Crippen molar-refractivity contribution >= 4 is 0 Å². The molecule has 2 fully saturated rings. The van der Waals surface area contributed by atoms with Crippen LogP contribution in [-0.2, 0) is 9.47 Å². The summed E-state index contributed by atoms with van der Waals surface area (Å²) in [5.74, 6) is 0. The zero-order valence-electron chi connectivity index (χ0n) is 18.7. The van der Waals surface area contributed by atoms with Crippen LogP contribution in [0.4, 0.5) is 0 Å². The molecular formula is C24H48N2O2. The Balaban J connectivity index is 1.20. The van der Waals surface area contributed by atoms with Gasteiger partial charge in [0.2, 0.25) is 0 Å². The molecule has 0 saturated carbocycles. The fourth-order valence-corrected chi connectivity index (χ4v) is 4.44. The number of hydrogen-bond acceptors (Lipinski definition) is 4. The van der Waals surface area contributed by atoms with Gasteiger partial charge in [-0.05, 0) is 25.9 Å². The van der Waals surface area contributed by atoms with Gasteiger partial charge < -0.3 is 9.47 Å². The van der Waals surface area contributed by atoms with Crippen LogP contribution < -0.4 is 0 Å². The van der Waals surface area contributed by atoms with Crippen LogP contribution in [0.15, 0.2) is 0 Å². The number of ether oxygens (including phenoxy) is 2. The van der Waals surface area contributed by atoms with E-state index in [2.05, 4.69) is 9.80 Å². The summed E-state index contributed by atoms with van der Waals surface area (Å²) in [7, 11) is 0. The van der Waals surface area contributed by atoms with E-state index in [4.69, 9.17) is 9.47 Å². The first-order valence-corrected chi connectivity index (χ1v) is 12.6. The first-order chi connectivity index (χ1) is 13.9. The van der Waals surface area contributed by atoms with E-state index in [9.17, 15) is 0 Å². The van der Waals surface area contributed by atoms with Crippen LogP contribution in [0.5, 0.6) is 0 Å². The molecule has 0 atom stereocenters. The van der Waals surface area contributed by atoms with Crippen LogP contribution in [0.2, 0.25) is 0 Å². The van der Waals surface area contributed by atoms with Crippen molar-refractivity contribution in [2.75, 3.05) is 65.7 Å². The maximum atomic E-state index is 5.40. The summed E-state index contributed by atoms with van der Waals surface area (Å²) in [5, 5.41) is 0. The van der Waals surface area contributed by atoms with Crippen molar-refractivity contribution in [3.05, 3.63) is 0 Å². The predicted octanol–water partition coefficient (Wildman–Crippen LogP) is 5.11. The van der Waals surface area contributed by atoms with Crippen molar-refractivity contribution < 1.29 is 9.47 Å². The number of hydrogen-bond donors (Lipinski definition) is 0. The normalized spacial score (nSPS) is 19.3. The van der Waals surface area contributed by atoms with E-state index >= 15 is 0 Å². The molecule has 28 heavy (non-hydrogen) atoms. The number of unbranched alkanes of at least 4 members (excludes halogenated alkanes) is 13. The second-order valence-electron chi connectivity index (χ2n) is 8.86. The summed E-state index contributed by atoms with van der Waals surface area (Å²) < 4.78 is 10.8. The van der Waals surface area contributed by atoms with Gasteiger partial charge in [0.15, 0.2) is 0 Å². The number of morpholine rings is 2. The molecule has 4 heteroatoms. The Bertz CT molecular complexity index is 297. The van der Waals surface area contributed by atoms with Crippen LogP contribution in [0.1, 0.15) is 89.9 Å². The van der Waals surface area contributed by atoms with E-state index in [0.29, 0.717) is 0 Å². The molecule has 2 aliphatic heterocycles. The molecule has 0 aromatic rings. The summed E-state index contributed by atoms with van der Waals surface area (Å²) in [4.78, 5) is 5.13. The van der Waals surface area contributed by atoms with Gasteiger partial charge in [-0.15, -0.1) is 0 Å². The topological polar surface area (TPSA) is 24.9 Å². The average Bonchev–Trinajstić information content (AvgIpc) is 2.75. The third kappa shape index (κ3) is 13.1. The SMILES string of the molecule is C(CCCCCCCCN1CCOCC1)CCCCCCCN1CCOCC1. The van der Waals surface area contributed by atoms with E-state index < -0.39 is 0 Å². The Morgan fingerprint density at radius 1 is 0.357 bits per heavy atom. The average molecular weight is 397 g/mol. The monoisotopic (exact) mass is 396 g/mol. The predicted molar refractivity (Wildman–Crippen MR) is 119 cm³/mol. The number of rotatable bonds is 17. The second-order valence-corrected chi connectivity index (χ2v) is 8.86. The lowest BCUT2D eigenvalue weighted by atomic mass is 10.0. The van der Waals surface area contributed by atoms with Gasteiger partial charge in [-0.1, -0.05) is 77.0 Å². The van der Waals surface area contributed by atoms with E-state index in [0.717, 1.165) is 52.6 Å². The zero-order chi connectivity index (χ0) is 19.5. The van der Waals surface area contributed by atoms with Gasteiger partial charge in [-0.25, -0.2) is 0 Å². The van der Waals surface area contributed by atoms with Crippen molar-refractivity contribution in [2.45, 2.75) is 89.9 Å². The third-order valence-electron chi connectivity index (χ3n) is 6.41. The van der Waals surface area contributed by atoms with Gasteiger partial charge >= 0.3 is 0 Å². The standard InChI is InChI=1S/C24H48N2O2/c1(3-5-7-9-11-13-15-25-17-21-27-22-18-25)2-4-6-8-10-12-14-16-26-19-23-28-24-20-26/h1-24H2. The van der Waals surface area contributed by atoms with E-state index in [1.54, 1.807) is 0 Å². The second kappa shape index (κ2) is 17.7. The van der Waals surface area contributed by atoms with E-state index in [1.807, 2.05) is 0 Å². The Hall–Kier alpha value is -0.160. The molecule has 0 radical (unpaired) electrons. The highest BCUT2D eigenvalue weighted by Gasteiger charge is 2.09. The lowest BCUT2D eigenvalue weighted by Gasteiger charge is -2.26. The van der Waals surface area contributed by atoms with Crippen LogP contribution in [0.3, 0.4) is 0 Å². The number of nitrogens with zero attached hydrogens (tertiary/aromatic N) is 2. The molecular weight excluding hydrogens is 348 g/mol. The van der Waals surface area contributed by atoms with Gasteiger partial charge in [0.1, 0.15) is 0 Å². The maximum Gasteiger partial charge on any atom is 0.0594 e. The summed E-state index contributed by atoms with van der Waals surface area (Å²) in [6.45, 7) is 10.9. The van der Waals surface area contributed by atoms with Crippen LogP contribution in [-0.4, -0.2) is 75.5 Å². The molecule has 0 bridgehead atoms. The molecule has 2 aliphatic rings. The smallest absolute Gasteiger partial charge is 0.0594 e. The van der Waals surface area contributed by atoms with Crippen molar-refractivity contribution in [3.63, 3.8) is 0 Å². The molecule has 0 N–H and O–H groups in total. The van der Waals surface area contributed by atoms with Crippen LogP contribution in [0.25, 0.3) is 0 Å². The van der Waals surface area contributed by atoms with Crippen molar-refractivity contribution in [1.82, 2.24) is 9.80 Å². The Kier molecular flexibility index (Phi) is 15.2. The highest BCUT2D eigenvalue weighted by Crippen LogP contribution is 2.13. The minimum absolute atomic E-state index is 0.939. The van der Waals surface area contributed by atoms with Gasteiger partial charge in [-0.2, -0.15) is 0 Å². The van der Waals surface area contributed by atoms with Gasteiger partial charge in [0.05, 0.1) is 26.4 Å². The molecule has 0 aliphatic carbocycles. The third-order valence-corrected chi connectivity index (χ3v) is 6.41. The molecule has 0 aromatic carbocycles. The van der Waals surface area contributed by atoms with E-state index in [-0.39, 0.29) is 0 Å². The van der Waals surface area contributed by atoms with Crippen molar-refractivity contribution in [3.8, 4) is 0 Å². The maximum absolute atomic E-state index is 5.40. The van der Waals surface area contributed by atoms with Gasteiger partial charge in [-0.3, -0.25) is 9.80 Å². The minimum Gasteiger partial charge on any atom is -0.379 e. The Morgan fingerprint density at radius 3 is 0.893 bits per heavy atom. The van der Waals surface area contributed by atoms with Crippen molar-refractivity contribution in [1.29, 1.82) is 0 Å². The first kappa shape index (κ1) is 24.1. The lowest BCUT2D eigenvalue weighted by molar-refractivity contribution is 0.0370. The first-order valence-electron chi connectivity index (χ1n) is 12.6.